The van der Waals surface area contributed by atoms with Crippen molar-refractivity contribution < 1.29 is 23.9 Å². The van der Waals surface area contributed by atoms with E-state index >= 15 is 0 Å². The Hall–Kier alpha value is -1.95. The molecule has 0 fully saturated rings. The van der Waals surface area contributed by atoms with Gasteiger partial charge in [-0.2, -0.15) is 5.10 Å². The molecule has 0 aliphatic carbocycles. The van der Waals surface area contributed by atoms with Gasteiger partial charge in [-0.3, -0.25) is 9.89 Å². The predicted octanol–water partition coefficient (Wildman–Crippen LogP) is 2.21. The normalized spacial score (nSPS) is 10.3. The molecule has 2 heterocycles. The standard InChI is InChI=1S/C13H12IN3O5S/c1-5-7(12(19)21-2)11(23-9(5)13(20)22-3)16-10(18)8-6(14)4-15-17-8/h4H,1-3H3,(H,15,17)(H,16,18). The van der Waals surface area contributed by atoms with Crippen LogP contribution in [0.25, 0.3) is 0 Å². The summed E-state index contributed by atoms with van der Waals surface area (Å²) in [5.41, 5.74) is 0.774. The highest BCUT2D eigenvalue weighted by Gasteiger charge is 2.27. The molecular weight excluding hydrogens is 437 g/mol. The zero-order chi connectivity index (χ0) is 17.1. The number of H-pyrrole nitrogens is 1. The Kier molecular flexibility index (Phi) is 5.36. The molecule has 23 heavy (non-hydrogen) atoms. The first-order valence-corrected chi connectivity index (χ1v) is 8.10. The van der Waals surface area contributed by atoms with E-state index in [2.05, 4.69) is 20.3 Å². The summed E-state index contributed by atoms with van der Waals surface area (Å²) in [6.45, 7) is 1.59. The molecule has 0 saturated heterocycles. The van der Waals surface area contributed by atoms with Crippen LogP contribution < -0.4 is 5.32 Å². The highest BCUT2D eigenvalue weighted by molar-refractivity contribution is 14.1. The van der Waals surface area contributed by atoms with Gasteiger partial charge in [0.25, 0.3) is 5.91 Å². The monoisotopic (exact) mass is 449 g/mol. The SMILES string of the molecule is COC(=O)c1sc(NC(=O)c2[nH]ncc2I)c(C(=O)OC)c1C. The molecule has 0 radical (unpaired) electrons. The number of nitrogens with one attached hydrogen (secondary N) is 2. The Bertz CT molecular complexity index is 783. The Morgan fingerprint density at radius 1 is 1.26 bits per heavy atom. The van der Waals surface area contributed by atoms with E-state index in [0.29, 0.717) is 9.13 Å². The number of ether oxygens (including phenoxy) is 2. The van der Waals surface area contributed by atoms with Crippen LogP contribution in [-0.2, 0) is 9.47 Å². The van der Waals surface area contributed by atoms with Gasteiger partial charge in [0, 0.05) is 0 Å². The minimum Gasteiger partial charge on any atom is -0.465 e. The summed E-state index contributed by atoms with van der Waals surface area (Å²) in [4.78, 5) is 36.3. The van der Waals surface area contributed by atoms with E-state index in [0.717, 1.165) is 11.3 Å². The van der Waals surface area contributed by atoms with Crippen molar-refractivity contribution in [1.82, 2.24) is 10.2 Å². The Labute approximate surface area is 148 Å². The van der Waals surface area contributed by atoms with Crippen LogP contribution in [0.3, 0.4) is 0 Å². The topological polar surface area (TPSA) is 110 Å². The van der Waals surface area contributed by atoms with Gasteiger partial charge in [0.1, 0.15) is 15.6 Å². The molecule has 0 aliphatic heterocycles. The minimum atomic E-state index is -0.650. The maximum Gasteiger partial charge on any atom is 0.348 e. The summed E-state index contributed by atoms with van der Waals surface area (Å²) in [6, 6.07) is 0. The summed E-state index contributed by atoms with van der Waals surface area (Å²) in [5, 5.41) is 9.15. The fourth-order valence-electron chi connectivity index (χ4n) is 1.83. The third-order valence-electron chi connectivity index (χ3n) is 2.95. The predicted molar refractivity (Wildman–Crippen MR) is 91.0 cm³/mol. The number of aromatic nitrogens is 2. The van der Waals surface area contributed by atoms with E-state index in [9.17, 15) is 14.4 Å². The third kappa shape index (κ3) is 3.37. The molecule has 10 heteroatoms. The first-order chi connectivity index (χ1) is 10.9. The lowest BCUT2D eigenvalue weighted by molar-refractivity contribution is 0.0601. The number of rotatable bonds is 4. The highest BCUT2D eigenvalue weighted by atomic mass is 127. The van der Waals surface area contributed by atoms with Gasteiger partial charge in [-0.1, -0.05) is 0 Å². The zero-order valence-corrected chi connectivity index (χ0v) is 15.3. The van der Waals surface area contributed by atoms with E-state index in [-0.39, 0.29) is 21.1 Å². The van der Waals surface area contributed by atoms with E-state index < -0.39 is 17.8 Å². The molecule has 0 aromatic carbocycles. The number of nitrogens with zero attached hydrogens (tertiary/aromatic N) is 1. The minimum absolute atomic E-state index is 0.126. The largest absolute Gasteiger partial charge is 0.465 e. The Morgan fingerprint density at radius 2 is 1.91 bits per heavy atom. The van der Waals surface area contributed by atoms with Gasteiger partial charge in [0.05, 0.1) is 29.6 Å². The molecule has 1 amide bonds. The molecule has 122 valence electrons. The maximum atomic E-state index is 12.3. The molecular formula is C13H12IN3O5S. The van der Waals surface area contributed by atoms with Gasteiger partial charge in [-0.05, 0) is 35.1 Å². The summed E-state index contributed by atoms with van der Waals surface area (Å²) in [7, 11) is 2.46. The van der Waals surface area contributed by atoms with Crippen LogP contribution in [0.5, 0.6) is 0 Å². The Balaban J connectivity index is 2.44. The number of carbonyl (C=O) groups excluding carboxylic acids is 3. The van der Waals surface area contributed by atoms with Crippen LogP contribution in [0.2, 0.25) is 0 Å². The van der Waals surface area contributed by atoms with Crippen LogP contribution >= 0.6 is 33.9 Å². The lowest BCUT2D eigenvalue weighted by Crippen LogP contribution is -2.15. The zero-order valence-electron chi connectivity index (χ0n) is 12.4. The van der Waals surface area contributed by atoms with Crippen molar-refractivity contribution in [2.45, 2.75) is 6.92 Å². The van der Waals surface area contributed by atoms with Crippen LogP contribution in [0, 0.1) is 10.5 Å². The molecule has 0 aliphatic rings. The van der Waals surface area contributed by atoms with Crippen molar-refractivity contribution in [2.75, 3.05) is 19.5 Å². The fraction of sp³-hybridized carbons (Fsp3) is 0.231. The third-order valence-corrected chi connectivity index (χ3v) is 4.96. The van der Waals surface area contributed by atoms with Crippen LogP contribution in [0.4, 0.5) is 5.00 Å². The summed E-state index contributed by atoms with van der Waals surface area (Å²) in [6.07, 6.45) is 1.50. The van der Waals surface area contributed by atoms with Crippen molar-refractivity contribution in [1.29, 1.82) is 0 Å². The lowest BCUT2D eigenvalue weighted by Gasteiger charge is -2.05. The van der Waals surface area contributed by atoms with Gasteiger partial charge in [0.2, 0.25) is 0 Å². The highest BCUT2D eigenvalue weighted by Crippen LogP contribution is 2.34. The summed E-state index contributed by atoms with van der Waals surface area (Å²) < 4.78 is 10.0. The number of amides is 1. The molecule has 2 aromatic heterocycles. The molecule has 0 atom stereocenters. The Morgan fingerprint density at radius 3 is 2.43 bits per heavy atom. The van der Waals surface area contributed by atoms with Crippen molar-refractivity contribution in [3.63, 3.8) is 0 Å². The van der Waals surface area contributed by atoms with Crippen LogP contribution in [0.15, 0.2) is 6.20 Å². The van der Waals surface area contributed by atoms with Crippen molar-refractivity contribution >= 4 is 56.8 Å². The molecule has 0 saturated carbocycles. The second-order valence-electron chi connectivity index (χ2n) is 4.29. The average molecular weight is 449 g/mol. The molecule has 8 nitrogen and oxygen atoms in total. The van der Waals surface area contributed by atoms with Gasteiger partial charge < -0.3 is 14.8 Å². The van der Waals surface area contributed by atoms with Gasteiger partial charge in [-0.15, -0.1) is 11.3 Å². The molecule has 0 bridgehead atoms. The van der Waals surface area contributed by atoms with Crippen molar-refractivity contribution in [2.24, 2.45) is 0 Å². The summed E-state index contributed by atoms with van der Waals surface area (Å²) in [5.74, 6) is -1.72. The maximum absolute atomic E-state index is 12.3. The second-order valence-corrected chi connectivity index (χ2v) is 6.47. The van der Waals surface area contributed by atoms with Crippen molar-refractivity contribution in [3.8, 4) is 0 Å². The lowest BCUT2D eigenvalue weighted by atomic mass is 10.1. The summed E-state index contributed by atoms with van der Waals surface area (Å²) >= 11 is 2.90. The number of thiophene rings is 1. The second kappa shape index (κ2) is 7.08. The fourth-order valence-corrected chi connectivity index (χ4v) is 3.45. The number of carbonyl (C=O) groups is 3. The smallest absolute Gasteiger partial charge is 0.348 e. The van der Waals surface area contributed by atoms with E-state index in [1.54, 1.807) is 6.92 Å². The quantitative estimate of drug-likeness (QED) is 0.547. The van der Waals surface area contributed by atoms with Gasteiger partial charge in [0.15, 0.2) is 0 Å². The number of aromatic amines is 1. The van der Waals surface area contributed by atoms with Gasteiger partial charge >= 0.3 is 11.9 Å². The number of halogens is 1. The van der Waals surface area contributed by atoms with E-state index in [4.69, 9.17) is 4.74 Å². The molecule has 2 rings (SSSR count). The van der Waals surface area contributed by atoms with Gasteiger partial charge in [-0.25, -0.2) is 9.59 Å². The first-order valence-electron chi connectivity index (χ1n) is 6.20. The van der Waals surface area contributed by atoms with Crippen molar-refractivity contribution in [3.05, 3.63) is 31.5 Å². The number of anilines is 1. The number of methoxy groups -OCH3 is 2. The van der Waals surface area contributed by atoms with E-state index in [1.807, 2.05) is 22.6 Å². The number of hydrogen-bond acceptors (Lipinski definition) is 7. The molecule has 2 aromatic rings. The number of esters is 2. The van der Waals surface area contributed by atoms with E-state index in [1.165, 1.54) is 20.4 Å². The molecule has 2 N–H and O–H groups in total. The molecule has 0 unspecified atom stereocenters. The first kappa shape index (κ1) is 17.4. The van der Waals surface area contributed by atoms with Crippen LogP contribution in [-0.4, -0.2) is 42.3 Å². The molecule has 0 spiro atoms. The van der Waals surface area contributed by atoms with Crippen LogP contribution in [0.1, 0.15) is 36.1 Å². The number of hydrogen-bond donors (Lipinski definition) is 2. The average Bonchev–Trinajstić information content (AvgIpc) is 3.09.